The van der Waals surface area contributed by atoms with Gasteiger partial charge in [0.05, 0.1) is 6.10 Å². The van der Waals surface area contributed by atoms with Crippen molar-refractivity contribution in [1.29, 1.82) is 0 Å². The van der Waals surface area contributed by atoms with E-state index in [2.05, 4.69) is 51.1 Å². The minimum absolute atomic E-state index is 0.181. The predicted octanol–water partition coefficient (Wildman–Crippen LogP) is 5.19. The summed E-state index contributed by atoms with van der Waals surface area (Å²) in [5, 5.41) is 9.82. The third-order valence-corrected chi connectivity index (χ3v) is 4.42. The summed E-state index contributed by atoms with van der Waals surface area (Å²) in [5.41, 5.74) is 2.50. The van der Waals surface area contributed by atoms with Crippen LogP contribution in [0.4, 0.5) is 0 Å². The predicted molar refractivity (Wildman–Crippen MR) is 86.3 cm³/mol. The zero-order valence-corrected chi connectivity index (χ0v) is 13.4. The Morgan fingerprint density at radius 1 is 0.950 bits per heavy atom. The van der Waals surface area contributed by atoms with Crippen LogP contribution in [0.2, 0.25) is 0 Å². The van der Waals surface area contributed by atoms with Crippen LogP contribution >= 0.6 is 11.8 Å². The summed E-state index contributed by atoms with van der Waals surface area (Å²) >= 11 is 1.70. The molecule has 0 aliphatic carbocycles. The third-order valence-electron chi connectivity index (χ3n) is 3.32. The Morgan fingerprint density at radius 2 is 1.55 bits per heavy atom. The molecule has 0 aromatic heterocycles. The van der Waals surface area contributed by atoms with E-state index in [0.717, 1.165) is 10.5 Å². The van der Waals surface area contributed by atoms with Crippen LogP contribution in [-0.2, 0) is 5.41 Å². The van der Waals surface area contributed by atoms with Gasteiger partial charge in [-0.1, -0.05) is 62.9 Å². The molecule has 1 N–H and O–H groups in total. The molecular formula is C18H22OS. The molecule has 2 rings (SSSR count). The number of aliphatic hydroxyl groups is 1. The first-order valence-corrected chi connectivity index (χ1v) is 7.75. The molecule has 0 fully saturated rings. The van der Waals surface area contributed by atoms with Gasteiger partial charge in [-0.15, -0.1) is 0 Å². The molecule has 0 saturated carbocycles. The average molecular weight is 286 g/mol. The number of benzene rings is 2. The number of hydrogen-bond donors (Lipinski definition) is 1. The molecule has 0 aliphatic rings. The number of aliphatic hydroxyl groups excluding tert-OH is 1. The zero-order chi connectivity index (χ0) is 14.8. The fraction of sp³-hybridized carbons (Fsp3) is 0.333. The van der Waals surface area contributed by atoms with Gasteiger partial charge < -0.3 is 5.11 Å². The fourth-order valence-corrected chi connectivity index (χ4v) is 3.10. The summed E-state index contributed by atoms with van der Waals surface area (Å²) in [6, 6.07) is 16.7. The Balaban J connectivity index is 2.23. The molecule has 1 nitrogen and oxygen atoms in total. The van der Waals surface area contributed by atoms with Crippen molar-refractivity contribution in [2.24, 2.45) is 0 Å². The van der Waals surface area contributed by atoms with Gasteiger partial charge in [-0.2, -0.15) is 0 Å². The summed E-state index contributed by atoms with van der Waals surface area (Å²) in [6.45, 7) is 8.47. The van der Waals surface area contributed by atoms with Crippen LogP contribution in [0.5, 0.6) is 0 Å². The summed E-state index contributed by atoms with van der Waals surface area (Å²) in [6.07, 6.45) is -0.437. The standard InChI is InChI=1S/C18H22OS/c1-13(19)16-7-5-6-8-17(16)20-15-11-9-14(10-12-15)18(2,3)4/h5-13,19H,1-4H3/t13-/m0/s1. The molecule has 20 heavy (non-hydrogen) atoms. The first kappa shape index (κ1) is 15.1. The van der Waals surface area contributed by atoms with E-state index < -0.39 is 6.10 Å². The van der Waals surface area contributed by atoms with E-state index in [9.17, 15) is 5.11 Å². The highest BCUT2D eigenvalue weighted by atomic mass is 32.2. The van der Waals surface area contributed by atoms with Crippen LogP contribution in [0, 0.1) is 0 Å². The maximum Gasteiger partial charge on any atom is 0.0772 e. The maximum atomic E-state index is 9.82. The minimum atomic E-state index is -0.437. The van der Waals surface area contributed by atoms with E-state index >= 15 is 0 Å². The molecule has 106 valence electrons. The van der Waals surface area contributed by atoms with Crippen LogP contribution < -0.4 is 0 Å². The van der Waals surface area contributed by atoms with Gasteiger partial charge in [0.15, 0.2) is 0 Å². The van der Waals surface area contributed by atoms with Crippen LogP contribution in [0.3, 0.4) is 0 Å². The second-order valence-corrected chi connectivity index (χ2v) is 7.21. The molecule has 0 heterocycles. The van der Waals surface area contributed by atoms with Gasteiger partial charge >= 0.3 is 0 Å². The van der Waals surface area contributed by atoms with E-state index in [1.165, 1.54) is 10.5 Å². The van der Waals surface area contributed by atoms with Crippen LogP contribution in [-0.4, -0.2) is 5.11 Å². The van der Waals surface area contributed by atoms with Gasteiger partial charge in [0.2, 0.25) is 0 Å². The van der Waals surface area contributed by atoms with Gasteiger partial charge in [-0.05, 0) is 41.7 Å². The lowest BCUT2D eigenvalue weighted by Crippen LogP contribution is -2.10. The van der Waals surface area contributed by atoms with E-state index in [0.29, 0.717) is 0 Å². The van der Waals surface area contributed by atoms with Crippen molar-refractivity contribution in [3.05, 3.63) is 59.7 Å². The molecule has 1 atom stereocenters. The lowest BCUT2D eigenvalue weighted by molar-refractivity contribution is 0.196. The Bertz CT molecular complexity index is 565. The summed E-state index contributed by atoms with van der Waals surface area (Å²) in [4.78, 5) is 2.32. The van der Waals surface area contributed by atoms with E-state index in [4.69, 9.17) is 0 Å². The van der Waals surface area contributed by atoms with Gasteiger partial charge in [0, 0.05) is 9.79 Å². The largest absolute Gasteiger partial charge is 0.389 e. The number of rotatable bonds is 3. The Labute approximate surface area is 126 Å². The molecular weight excluding hydrogens is 264 g/mol. The van der Waals surface area contributed by atoms with Crippen molar-refractivity contribution in [3.8, 4) is 0 Å². The Kier molecular flexibility index (Phi) is 4.56. The lowest BCUT2D eigenvalue weighted by Gasteiger charge is -2.19. The average Bonchev–Trinajstić information content (AvgIpc) is 2.38. The second kappa shape index (κ2) is 6.02. The second-order valence-electron chi connectivity index (χ2n) is 6.09. The van der Waals surface area contributed by atoms with E-state index in [1.54, 1.807) is 11.8 Å². The summed E-state index contributed by atoms with van der Waals surface area (Å²) < 4.78 is 0. The third kappa shape index (κ3) is 3.65. The highest BCUT2D eigenvalue weighted by Gasteiger charge is 2.13. The molecule has 2 aromatic rings. The maximum absolute atomic E-state index is 9.82. The first-order valence-electron chi connectivity index (χ1n) is 6.93. The minimum Gasteiger partial charge on any atom is -0.389 e. The molecule has 0 bridgehead atoms. The van der Waals surface area contributed by atoms with E-state index in [1.807, 2.05) is 25.1 Å². The SMILES string of the molecule is C[C@H](O)c1ccccc1Sc1ccc(C(C)(C)C)cc1. The summed E-state index contributed by atoms with van der Waals surface area (Å²) in [5.74, 6) is 0. The van der Waals surface area contributed by atoms with Gasteiger partial charge in [-0.3, -0.25) is 0 Å². The molecule has 0 saturated heterocycles. The van der Waals surface area contributed by atoms with Crippen molar-refractivity contribution in [2.45, 2.75) is 49.0 Å². The van der Waals surface area contributed by atoms with Gasteiger partial charge in [0.25, 0.3) is 0 Å². The topological polar surface area (TPSA) is 20.2 Å². The smallest absolute Gasteiger partial charge is 0.0772 e. The molecule has 0 spiro atoms. The molecule has 0 aliphatic heterocycles. The Morgan fingerprint density at radius 3 is 2.10 bits per heavy atom. The molecule has 0 amide bonds. The first-order chi connectivity index (χ1) is 9.38. The lowest BCUT2D eigenvalue weighted by atomic mass is 9.87. The highest BCUT2D eigenvalue weighted by molar-refractivity contribution is 7.99. The van der Waals surface area contributed by atoms with Gasteiger partial charge in [0.1, 0.15) is 0 Å². The van der Waals surface area contributed by atoms with Crippen molar-refractivity contribution in [2.75, 3.05) is 0 Å². The zero-order valence-electron chi connectivity index (χ0n) is 12.6. The van der Waals surface area contributed by atoms with Crippen molar-refractivity contribution >= 4 is 11.8 Å². The molecule has 2 heteroatoms. The summed E-state index contributed by atoms with van der Waals surface area (Å²) in [7, 11) is 0. The van der Waals surface area contributed by atoms with Crippen LogP contribution in [0.1, 0.15) is 44.9 Å². The van der Waals surface area contributed by atoms with Crippen molar-refractivity contribution in [3.63, 3.8) is 0 Å². The highest BCUT2D eigenvalue weighted by Crippen LogP contribution is 2.34. The molecule has 2 aromatic carbocycles. The van der Waals surface area contributed by atoms with Crippen molar-refractivity contribution in [1.82, 2.24) is 0 Å². The quantitative estimate of drug-likeness (QED) is 0.838. The van der Waals surface area contributed by atoms with Crippen LogP contribution in [0.15, 0.2) is 58.3 Å². The van der Waals surface area contributed by atoms with Crippen molar-refractivity contribution < 1.29 is 5.11 Å². The van der Waals surface area contributed by atoms with Crippen LogP contribution in [0.25, 0.3) is 0 Å². The normalized spacial score (nSPS) is 13.2. The molecule has 0 radical (unpaired) electrons. The molecule has 0 unspecified atom stereocenters. The monoisotopic (exact) mass is 286 g/mol. The fourth-order valence-electron chi connectivity index (χ4n) is 2.07. The Hall–Kier alpha value is -1.25. The van der Waals surface area contributed by atoms with Gasteiger partial charge in [-0.25, -0.2) is 0 Å². The van der Waals surface area contributed by atoms with E-state index in [-0.39, 0.29) is 5.41 Å². The number of hydrogen-bond acceptors (Lipinski definition) is 2.